The van der Waals surface area contributed by atoms with E-state index in [1.54, 1.807) is 6.07 Å². The van der Waals surface area contributed by atoms with Crippen LogP contribution < -0.4 is 15.8 Å². The maximum absolute atomic E-state index is 13.1. The van der Waals surface area contributed by atoms with E-state index in [9.17, 15) is 28.0 Å². The number of carbonyl (C=O) groups is 2. The van der Waals surface area contributed by atoms with Crippen LogP contribution in [0.4, 0.5) is 18.9 Å². The van der Waals surface area contributed by atoms with Gasteiger partial charge in [-0.1, -0.05) is 0 Å². The summed E-state index contributed by atoms with van der Waals surface area (Å²) in [5.74, 6) is -3.05. The highest BCUT2D eigenvalue weighted by Crippen LogP contribution is 2.52. The van der Waals surface area contributed by atoms with Gasteiger partial charge in [0.1, 0.15) is 28.7 Å². The van der Waals surface area contributed by atoms with E-state index in [1.165, 1.54) is 19.9 Å². The second-order valence-corrected chi connectivity index (χ2v) is 6.06. The van der Waals surface area contributed by atoms with Crippen molar-refractivity contribution in [3.63, 3.8) is 0 Å². The Morgan fingerprint density at radius 3 is 2.69 bits per heavy atom. The first kappa shape index (κ1) is 20.1. The average molecular weight is 409 g/mol. The minimum absolute atomic E-state index is 0.0571. The highest BCUT2D eigenvalue weighted by atomic mass is 19.4. The van der Waals surface area contributed by atoms with Crippen LogP contribution in [-0.4, -0.2) is 24.8 Å². The number of nitrogens with one attached hydrogen (secondary N) is 1. The number of hydrogen-bond acceptors (Lipinski definition) is 7. The highest BCUT2D eigenvalue weighted by molar-refractivity contribution is 6.17. The molecule has 1 spiro atoms. The van der Waals surface area contributed by atoms with Crippen LogP contribution in [0, 0.1) is 11.3 Å². The zero-order valence-electron chi connectivity index (χ0n) is 15.1. The summed E-state index contributed by atoms with van der Waals surface area (Å²) in [5.41, 5.74) is 2.80. The molecule has 1 unspecified atom stereocenters. The Kier molecular flexibility index (Phi) is 4.66. The number of amides is 1. The summed E-state index contributed by atoms with van der Waals surface area (Å²) in [7, 11) is 0. The lowest BCUT2D eigenvalue weighted by Crippen LogP contribution is -2.45. The molecule has 2 aliphatic heterocycles. The standard InChI is InChI=1S/C18H14F3N3O5/c1-3-27-15(25)13-8(2)28-14(23)11(7-22)17(13)10-6-9(29-18(19,20)21)4-5-12(10)24-16(17)26/h4-6H,3,23H2,1-2H3,(H,24,26). The fraction of sp³-hybridized carbons (Fsp3) is 0.278. The first-order chi connectivity index (χ1) is 13.6. The number of nitriles is 1. The van der Waals surface area contributed by atoms with Gasteiger partial charge >= 0.3 is 12.3 Å². The summed E-state index contributed by atoms with van der Waals surface area (Å²) in [4.78, 5) is 25.8. The third-order valence-electron chi connectivity index (χ3n) is 4.42. The maximum atomic E-state index is 13.1. The minimum Gasteiger partial charge on any atom is -0.462 e. The third-order valence-corrected chi connectivity index (χ3v) is 4.42. The molecular weight excluding hydrogens is 395 g/mol. The number of anilines is 1. The molecule has 0 radical (unpaired) electrons. The third kappa shape index (κ3) is 3.02. The molecule has 29 heavy (non-hydrogen) atoms. The average Bonchev–Trinajstić information content (AvgIpc) is 2.86. The summed E-state index contributed by atoms with van der Waals surface area (Å²) in [6.45, 7) is 2.80. The van der Waals surface area contributed by atoms with E-state index >= 15 is 0 Å². The highest BCUT2D eigenvalue weighted by Gasteiger charge is 2.60. The molecular formula is C18H14F3N3O5. The fourth-order valence-electron chi connectivity index (χ4n) is 3.45. The van der Waals surface area contributed by atoms with Gasteiger partial charge in [0, 0.05) is 11.3 Å². The van der Waals surface area contributed by atoms with Crippen molar-refractivity contribution in [2.24, 2.45) is 5.73 Å². The van der Waals surface area contributed by atoms with Gasteiger partial charge in [0.25, 0.3) is 0 Å². The molecule has 1 aromatic carbocycles. The summed E-state index contributed by atoms with van der Waals surface area (Å²) >= 11 is 0. The molecule has 0 aliphatic carbocycles. The predicted octanol–water partition coefficient (Wildman–Crippen LogP) is 2.34. The molecule has 11 heteroatoms. The maximum Gasteiger partial charge on any atom is 0.573 e. The van der Waals surface area contributed by atoms with E-state index in [1.807, 2.05) is 0 Å². The molecule has 3 N–H and O–H groups in total. The number of rotatable bonds is 3. The number of carbonyl (C=O) groups excluding carboxylic acids is 2. The van der Waals surface area contributed by atoms with Gasteiger partial charge in [0.05, 0.1) is 6.61 Å². The van der Waals surface area contributed by atoms with Crippen LogP contribution in [0.2, 0.25) is 0 Å². The number of allylic oxidation sites excluding steroid dienone is 1. The van der Waals surface area contributed by atoms with Crippen LogP contribution in [0.1, 0.15) is 19.4 Å². The molecule has 0 fully saturated rings. The van der Waals surface area contributed by atoms with Crippen LogP contribution in [0.5, 0.6) is 5.75 Å². The van der Waals surface area contributed by atoms with Crippen molar-refractivity contribution in [2.45, 2.75) is 25.6 Å². The Morgan fingerprint density at radius 1 is 1.41 bits per heavy atom. The van der Waals surface area contributed by atoms with Crippen molar-refractivity contribution in [2.75, 3.05) is 11.9 Å². The Bertz CT molecular complexity index is 1020. The largest absolute Gasteiger partial charge is 0.573 e. The molecule has 0 saturated heterocycles. The number of alkyl halides is 3. The van der Waals surface area contributed by atoms with Crippen LogP contribution in [-0.2, 0) is 24.5 Å². The normalized spacial score (nSPS) is 20.8. The van der Waals surface area contributed by atoms with Crippen LogP contribution >= 0.6 is 0 Å². The summed E-state index contributed by atoms with van der Waals surface area (Å²) < 4.78 is 52.2. The number of nitrogens with two attached hydrogens (primary N) is 1. The minimum atomic E-state index is -4.99. The topological polar surface area (TPSA) is 124 Å². The first-order valence-corrected chi connectivity index (χ1v) is 8.24. The second kappa shape index (κ2) is 6.73. The van der Waals surface area contributed by atoms with Crippen molar-refractivity contribution in [1.82, 2.24) is 0 Å². The molecule has 2 aliphatic rings. The SMILES string of the molecule is CCOC(=O)C1=C(C)OC(N)=C(C#N)C12C(=O)Nc1ccc(OC(F)(F)F)cc12. The summed E-state index contributed by atoms with van der Waals surface area (Å²) in [5, 5.41) is 12.1. The van der Waals surface area contributed by atoms with E-state index in [-0.39, 0.29) is 29.2 Å². The second-order valence-electron chi connectivity index (χ2n) is 6.06. The number of benzene rings is 1. The Labute approximate surface area is 162 Å². The molecule has 1 aromatic rings. The summed E-state index contributed by atoms with van der Waals surface area (Å²) in [6.07, 6.45) is -4.99. The number of esters is 1. The molecule has 3 rings (SSSR count). The Morgan fingerprint density at radius 2 is 2.10 bits per heavy atom. The molecule has 1 atom stereocenters. The lowest BCUT2D eigenvalue weighted by atomic mass is 9.68. The number of ether oxygens (including phenoxy) is 3. The van der Waals surface area contributed by atoms with E-state index in [4.69, 9.17) is 15.2 Å². The van der Waals surface area contributed by atoms with Crippen LogP contribution in [0.15, 0.2) is 41.0 Å². The molecule has 0 bridgehead atoms. The zero-order chi connectivity index (χ0) is 21.6. The Balaban J connectivity index is 2.33. The van der Waals surface area contributed by atoms with Gasteiger partial charge in [-0.2, -0.15) is 5.26 Å². The van der Waals surface area contributed by atoms with Gasteiger partial charge in [0.2, 0.25) is 11.8 Å². The van der Waals surface area contributed by atoms with E-state index in [0.29, 0.717) is 0 Å². The van der Waals surface area contributed by atoms with E-state index < -0.39 is 40.9 Å². The lowest BCUT2D eigenvalue weighted by molar-refractivity contribution is -0.274. The van der Waals surface area contributed by atoms with Gasteiger partial charge in [-0.3, -0.25) is 4.79 Å². The van der Waals surface area contributed by atoms with Gasteiger partial charge in [0.15, 0.2) is 5.41 Å². The first-order valence-electron chi connectivity index (χ1n) is 8.24. The monoisotopic (exact) mass is 409 g/mol. The van der Waals surface area contributed by atoms with Crippen molar-refractivity contribution < 1.29 is 37.0 Å². The summed E-state index contributed by atoms with van der Waals surface area (Å²) in [6, 6.07) is 4.82. The Hall–Kier alpha value is -3.68. The van der Waals surface area contributed by atoms with Crippen molar-refractivity contribution in [1.29, 1.82) is 5.26 Å². The molecule has 1 amide bonds. The predicted molar refractivity (Wildman–Crippen MR) is 90.7 cm³/mol. The smallest absolute Gasteiger partial charge is 0.462 e. The van der Waals surface area contributed by atoms with Gasteiger partial charge in [-0.25, -0.2) is 4.79 Å². The molecule has 8 nitrogen and oxygen atoms in total. The lowest BCUT2D eigenvalue weighted by Gasteiger charge is -2.33. The van der Waals surface area contributed by atoms with Gasteiger partial charge in [-0.15, -0.1) is 13.2 Å². The van der Waals surface area contributed by atoms with Crippen molar-refractivity contribution in [3.05, 3.63) is 46.6 Å². The molecule has 0 saturated carbocycles. The number of halogens is 3. The molecule has 2 heterocycles. The fourth-order valence-corrected chi connectivity index (χ4v) is 3.45. The van der Waals surface area contributed by atoms with Gasteiger partial charge < -0.3 is 25.3 Å². The molecule has 0 aromatic heterocycles. The van der Waals surface area contributed by atoms with Crippen molar-refractivity contribution in [3.8, 4) is 11.8 Å². The number of hydrogen-bond donors (Lipinski definition) is 2. The van der Waals surface area contributed by atoms with Gasteiger partial charge in [-0.05, 0) is 32.0 Å². The molecule has 152 valence electrons. The van der Waals surface area contributed by atoms with E-state index in [2.05, 4.69) is 10.1 Å². The van der Waals surface area contributed by atoms with Crippen molar-refractivity contribution >= 4 is 17.6 Å². The number of nitrogens with zero attached hydrogens (tertiary/aromatic N) is 1. The van der Waals surface area contributed by atoms with E-state index in [0.717, 1.165) is 12.1 Å². The quantitative estimate of drug-likeness (QED) is 0.735. The number of fused-ring (bicyclic) bond motifs is 2. The zero-order valence-corrected chi connectivity index (χ0v) is 15.1. The van der Waals surface area contributed by atoms with Crippen LogP contribution in [0.25, 0.3) is 0 Å². The van der Waals surface area contributed by atoms with Crippen LogP contribution in [0.3, 0.4) is 0 Å².